The van der Waals surface area contributed by atoms with E-state index in [9.17, 15) is 0 Å². The number of carboxylic acid groups (broad SMARTS) is 2. The summed E-state index contributed by atoms with van der Waals surface area (Å²) in [6, 6.07) is 0. The summed E-state index contributed by atoms with van der Waals surface area (Å²) in [4.78, 5) is 16.7. The van der Waals surface area contributed by atoms with E-state index in [0.717, 1.165) is 0 Å². The van der Waals surface area contributed by atoms with Crippen LogP contribution in [0.1, 0.15) is 0 Å². The van der Waals surface area contributed by atoms with Gasteiger partial charge in [0, 0.05) is 41.7 Å². The van der Waals surface area contributed by atoms with Crippen molar-refractivity contribution in [1.82, 2.24) is 0 Å². The molecule has 0 spiro atoms. The van der Waals surface area contributed by atoms with E-state index >= 15 is 0 Å². The fourth-order valence-electron chi connectivity index (χ4n) is 0. The topological polar surface area (TPSA) is 74.6 Å². The summed E-state index contributed by atoms with van der Waals surface area (Å²) < 4.78 is 0. The van der Waals surface area contributed by atoms with Gasteiger partial charge in [0.2, 0.25) is 0 Å². The number of hydrogen-bond acceptors (Lipinski definition) is 2. The van der Waals surface area contributed by atoms with Crippen LogP contribution in [0.2, 0.25) is 0 Å². The molecule has 0 radical (unpaired) electrons. The fourth-order valence-corrected chi connectivity index (χ4v) is 0. The van der Waals surface area contributed by atoms with Crippen molar-refractivity contribution >= 4 is 12.9 Å². The fraction of sp³-hybridized carbons (Fsp3) is 0. The maximum atomic E-state index is 8.36. The second kappa shape index (κ2) is 33.3. The van der Waals surface area contributed by atoms with E-state index in [1.165, 1.54) is 0 Å². The van der Waals surface area contributed by atoms with E-state index in [-0.39, 0.29) is 54.7 Å². The molecule has 4 nitrogen and oxygen atoms in total. The van der Waals surface area contributed by atoms with Gasteiger partial charge in [-0.05, 0) is 0 Å². The van der Waals surface area contributed by atoms with Gasteiger partial charge in [-0.15, -0.1) is 0 Å². The Labute approximate surface area is 73.9 Å². The van der Waals surface area contributed by atoms with Crippen LogP contribution in [-0.4, -0.2) is 23.2 Å². The van der Waals surface area contributed by atoms with Crippen molar-refractivity contribution in [1.29, 1.82) is 0 Å². The molecule has 0 atom stereocenters. The first kappa shape index (κ1) is 15.7. The van der Waals surface area contributed by atoms with Crippen LogP contribution in [0.5, 0.6) is 0 Å². The zero-order chi connectivity index (χ0) is 5.41. The van der Waals surface area contributed by atoms with E-state index < -0.39 is 0 Å². The van der Waals surface area contributed by atoms with E-state index in [2.05, 4.69) is 0 Å². The van der Waals surface area contributed by atoms with E-state index in [4.69, 9.17) is 19.8 Å². The van der Waals surface area contributed by atoms with Crippen molar-refractivity contribution in [2.24, 2.45) is 0 Å². The summed E-state index contributed by atoms with van der Waals surface area (Å²) in [6.45, 7) is -0.500. The zero-order valence-corrected chi connectivity index (χ0v) is 6.51. The van der Waals surface area contributed by atoms with Crippen LogP contribution in [-0.2, 0) is 9.59 Å². The summed E-state index contributed by atoms with van der Waals surface area (Å²) in [5.74, 6) is 0. The van der Waals surface area contributed by atoms with Gasteiger partial charge in [-0.25, -0.2) is 0 Å². The standard InChI is InChI=1S/2CH2O2.Ce/c2*2-1-3;/h2*1H,(H,2,3);. The average Bonchev–Trinajstić information content (AvgIpc) is 1.39. The van der Waals surface area contributed by atoms with Crippen molar-refractivity contribution in [2.75, 3.05) is 0 Å². The van der Waals surface area contributed by atoms with Crippen LogP contribution < -0.4 is 0 Å². The molecule has 0 fully saturated rings. The monoisotopic (exact) mass is 232 g/mol. The zero-order valence-electron chi connectivity index (χ0n) is 3.37. The Morgan fingerprint density at radius 3 is 1.00 bits per heavy atom. The first-order chi connectivity index (χ1) is 2.83. The molecule has 0 saturated carbocycles. The van der Waals surface area contributed by atoms with Gasteiger partial charge in [0.05, 0.1) is 0 Å². The quantitative estimate of drug-likeness (QED) is 0.547. The Hall–Kier alpha value is 0.317. The molecule has 0 unspecified atom stereocenters. The molecular weight excluding hydrogens is 228 g/mol. The van der Waals surface area contributed by atoms with Gasteiger partial charge in [0.25, 0.3) is 12.9 Å². The van der Waals surface area contributed by atoms with Crippen molar-refractivity contribution in [3.05, 3.63) is 0 Å². The number of rotatable bonds is 0. The SMILES string of the molecule is O=CO.O=CO.[Ce]. The third-order valence-corrected chi connectivity index (χ3v) is 0. The maximum Gasteiger partial charge on any atom is 0.290 e. The summed E-state index contributed by atoms with van der Waals surface area (Å²) in [6.07, 6.45) is 0. The molecule has 0 rings (SSSR count). The van der Waals surface area contributed by atoms with E-state index in [1.807, 2.05) is 0 Å². The first-order valence-corrected chi connectivity index (χ1v) is 0.988. The molecule has 40 valence electrons. The van der Waals surface area contributed by atoms with Crippen LogP contribution in [0.25, 0.3) is 0 Å². The molecule has 0 aliphatic heterocycles. The minimum Gasteiger partial charge on any atom is -0.483 e. The predicted octanol–water partition coefficient (Wildman–Crippen LogP) is -0.598. The molecule has 0 aromatic rings. The van der Waals surface area contributed by atoms with Gasteiger partial charge in [-0.3, -0.25) is 9.59 Å². The summed E-state index contributed by atoms with van der Waals surface area (Å²) >= 11 is 0. The molecule has 2 N–H and O–H groups in total. The van der Waals surface area contributed by atoms with Gasteiger partial charge in [-0.2, -0.15) is 0 Å². The third kappa shape index (κ3) is 1170. The molecule has 0 saturated heterocycles. The second-order valence-corrected chi connectivity index (χ2v) is 0.211. The van der Waals surface area contributed by atoms with Gasteiger partial charge >= 0.3 is 0 Å². The Balaban J connectivity index is -0.0000000400. The van der Waals surface area contributed by atoms with Crippen molar-refractivity contribution in [3.63, 3.8) is 0 Å². The maximum absolute atomic E-state index is 8.36. The second-order valence-electron chi connectivity index (χ2n) is 0.211. The van der Waals surface area contributed by atoms with Gasteiger partial charge in [-0.1, -0.05) is 0 Å². The third-order valence-electron chi connectivity index (χ3n) is 0. The van der Waals surface area contributed by atoms with Crippen LogP contribution in [0, 0.1) is 41.7 Å². The molecule has 0 heterocycles. The molecule has 0 aliphatic rings. The molecule has 5 heteroatoms. The summed E-state index contributed by atoms with van der Waals surface area (Å²) in [5.41, 5.74) is 0. The van der Waals surface area contributed by atoms with Crippen molar-refractivity contribution < 1.29 is 61.5 Å². The number of hydrogen-bond donors (Lipinski definition) is 2. The van der Waals surface area contributed by atoms with E-state index in [0.29, 0.717) is 0 Å². The molecule has 0 aliphatic carbocycles. The van der Waals surface area contributed by atoms with Crippen LogP contribution in [0.3, 0.4) is 0 Å². The molecule has 0 amide bonds. The molecule has 0 aromatic heterocycles. The van der Waals surface area contributed by atoms with Gasteiger partial charge in [0.1, 0.15) is 0 Å². The predicted molar refractivity (Wildman–Crippen MR) is 17.4 cm³/mol. The molecule has 7 heavy (non-hydrogen) atoms. The summed E-state index contributed by atoms with van der Waals surface area (Å²) in [7, 11) is 0. The van der Waals surface area contributed by atoms with Gasteiger partial charge in [0.15, 0.2) is 0 Å². The first-order valence-electron chi connectivity index (χ1n) is 0.988. The molecule has 0 bridgehead atoms. The minimum atomic E-state index is -0.250. The van der Waals surface area contributed by atoms with Crippen molar-refractivity contribution in [2.45, 2.75) is 0 Å². The normalized spacial score (nSPS) is 3.43. The van der Waals surface area contributed by atoms with E-state index in [1.54, 1.807) is 0 Å². The largest absolute Gasteiger partial charge is 0.483 e. The molecule has 0 aromatic carbocycles. The Morgan fingerprint density at radius 2 is 1.00 bits per heavy atom. The smallest absolute Gasteiger partial charge is 0.290 e. The number of carbonyl (C=O) groups is 2. The van der Waals surface area contributed by atoms with Crippen LogP contribution in [0.4, 0.5) is 0 Å². The Bertz CT molecular complexity index is 30.7. The van der Waals surface area contributed by atoms with Crippen LogP contribution in [0.15, 0.2) is 0 Å². The summed E-state index contributed by atoms with van der Waals surface area (Å²) in [5, 5.41) is 13.8. The average molecular weight is 232 g/mol. The van der Waals surface area contributed by atoms with Crippen LogP contribution >= 0.6 is 0 Å². The minimum absolute atomic E-state index is 0. The van der Waals surface area contributed by atoms with Crippen molar-refractivity contribution in [3.8, 4) is 0 Å². The molecular formula is C2H4CeO4. The Kier molecular flexibility index (Phi) is 74.5. The Morgan fingerprint density at radius 1 is 1.00 bits per heavy atom. The van der Waals surface area contributed by atoms with Gasteiger partial charge < -0.3 is 10.2 Å².